The fourth-order valence-corrected chi connectivity index (χ4v) is 2.76. The Hall–Kier alpha value is -2.90. The van der Waals surface area contributed by atoms with Gasteiger partial charge in [-0.3, -0.25) is 10.1 Å². The first-order chi connectivity index (χ1) is 12.9. The molecule has 0 aliphatic heterocycles. The van der Waals surface area contributed by atoms with Gasteiger partial charge >= 0.3 is 5.69 Å². The van der Waals surface area contributed by atoms with E-state index in [0.29, 0.717) is 15.7 Å². The SMILES string of the molecule is Cc1cccc(Nc2ncnc(Nc3ccc(Cl)c(Cl)c3)c2[N+](=O)[O-])c1C. The van der Waals surface area contributed by atoms with Crippen LogP contribution in [0, 0.1) is 24.0 Å². The fourth-order valence-electron chi connectivity index (χ4n) is 2.46. The second-order valence-corrected chi connectivity index (χ2v) is 6.62. The maximum Gasteiger partial charge on any atom is 0.353 e. The molecule has 27 heavy (non-hydrogen) atoms. The van der Waals surface area contributed by atoms with Crippen LogP contribution in [0.3, 0.4) is 0 Å². The van der Waals surface area contributed by atoms with Crippen molar-refractivity contribution in [1.29, 1.82) is 0 Å². The van der Waals surface area contributed by atoms with Crippen molar-refractivity contribution in [3.05, 3.63) is 74.0 Å². The number of nitrogens with zero attached hydrogens (tertiary/aromatic N) is 3. The average Bonchev–Trinajstić information content (AvgIpc) is 2.62. The number of hydrogen-bond acceptors (Lipinski definition) is 6. The molecule has 3 rings (SSSR count). The highest BCUT2D eigenvalue weighted by Gasteiger charge is 2.24. The van der Waals surface area contributed by atoms with Crippen LogP contribution in [-0.4, -0.2) is 14.9 Å². The molecule has 7 nitrogen and oxygen atoms in total. The molecule has 0 radical (unpaired) electrons. The summed E-state index contributed by atoms with van der Waals surface area (Å²) >= 11 is 11.9. The summed E-state index contributed by atoms with van der Waals surface area (Å²) in [5.74, 6) is 0.132. The summed E-state index contributed by atoms with van der Waals surface area (Å²) in [6.07, 6.45) is 1.25. The maximum atomic E-state index is 11.7. The molecule has 0 aliphatic rings. The first-order valence-corrected chi connectivity index (χ1v) is 8.67. The Labute approximate surface area is 165 Å². The summed E-state index contributed by atoms with van der Waals surface area (Å²) in [6.45, 7) is 3.89. The second kappa shape index (κ2) is 7.77. The highest BCUT2D eigenvalue weighted by molar-refractivity contribution is 6.42. The molecule has 0 saturated carbocycles. The van der Waals surface area contributed by atoms with Crippen molar-refractivity contribution in [2.75, 3.05) is 10.6 Å². The van der Waals surface area contributed by atoms with Crippen LogP contribution in [0.2, 0.25) is 10.0 Å². The topological polar surface area (TPSA) is 93.0 Å². The lowest BCUT2D eigenvalue weighted by Crippen LogP contribution is -2.06. The molecule has 0 aliphatic carbocycles. The summed E-state index contributed by atoms with van der Waals surface area (Å²) in [5.41, 5.74) is 3.01. The maximum absolute atomic E-state index is 11.7. The molecule has 0 fully saturated rings. The predicted octanol–water partition coefficient (Wildman–Crippen LogP) is 5.80. The summed E-state index contributed by atoms with van der Waals surface area (Å²) in [7, 11) is 0. The molecule has 1 heterocycles. The molecule has 9 heteroatoms. The monoisotopic (exact) mass is 403 g/mol. The molecule has 0 atom stereocenters. The number of benzene rings is 2. The van der Waals surface area contributed by atoms with Gasteiger partial charge in [0.15, 0.2) is 0 Å². The van der Waals surface area contributed by atoms with E-state index in [1.54, 1.807) is 18.2 Å². The normalized spacial score (nSPS) is 10.5. The minimum atomic E-state index is -0.534. The molecule has 0 spiro atoms. The lowest BCUT2D eigenvalue weighted by Gasteiger charge is -2.13. The van der Waals surface area contributed by atoms with Gasteiger partial charge in [0.2, 0.25) is 11.6 Å². The molecular weight excluding hydrogens is 389 g/mol. The van der Waals surface area contributed by atoms with Crippen LogP contribution in [0.15, 0.2) is 42.7 Å². The number of rotatable bonds is 5. The Morgan fingerprint density at radius 1 is 1.00 bits per heavy atom. The fraction of sp³-hybridized carbons (Fsp3) is 0.111. The highest BCUT2D eigenvalue weighted by atomic mass is 35.5. The molecule has 2 N–H and O–H groups in total. The minimum Gasteiger partial charge on any atom is -0.334 e. The Bertz CT molecular complexity index is 1030. The van der Waals surface area contributed by atoms with Crippen LogP contribution in [0.4, 0.5) is 28.7 Å². The van der Waals surface area contributed by atoms with Gasteiger partial charge in [-0.2, -0.15) is 0 Å². The number of halogens is 2. The lowest BCUT2D eigenvalue weighted by atomic mass is 10.1. The van der Waals surface area contributed by atoms with Crippen molar-refractivity contribution < 1.29 is 4.92 Å². The number of hydrogen-bond donors (Lipinski definition) is 2. The number of nitrogens with one attached hydrogen (secondary N) is 2. The molecular formula is C18H15Cl2N5O2. The molecule has 0 unspecified atom stereocenters. The van der Waals surface area contributed by atoms with Crippen LogP contribution in [-0.2, 0) is 0 Å². The van der Waals surface area contributed by atoms with Crippen molar-refractivity contribution in [3.8, 4) is 0 Å². The van der Waals surface area contributed by atoms with E-state index in [1.165, 1.54) is 6.33 Å². The average molecular weight is 404 g/mol. The number of nitro groups is 1. The van der Waals surface area contributed by atoms with Crippen LogP contribution < -0.4 is 10.6 Å². The van der Waals surface area contributed by atoms with E-state index < -0.39 is 4.92 Å². The van der Waals surface area contributed by atoms with Crippen LogP contribution in [0.5, 0.6) is 0 Å². The minimum absolute atomic E-state index is 0.0428. The van der Waals surface area contributed by atoms with Gasteiger partial charge < -0.3 is 10.6 Å². The van der Waals surface area contributed by atoms with Crippen LogP contribution >= 0.6 is 23.2 Å². The highest BCUT2D eigenvalue weighted by Crippen LogP contribution is 2.35. The van der Waals surface area contributed by atoms with Crippen molar-refractivity contribution in [1.82, 2.24) is 9.97 Å². The molecule has 0 saturated heterocycles. The van der Waals surface area contributed by atoms with Crippen molar-refractivity contribution in [2.24, 2.45) is 0 Å². The summed E-state index contributed by atoms with van der Waals surface area (Å²) in [4.78, 5) is 19.2. The van der Waals surface area contributed by atoms with E-state index in [9.17, 15) is 10.1 Å². The Morgan fingerprint density at radius 2 is 1.70 bits per heavy atom. The van der Waals surface area contributed by atoms with Gasteiger partial charge in [0, 0.05) is 11.4 Å². The molecule has 0 amide bonds. The summed E-state index contributed by atoms with van der Waals surface area (Å²) in [6, 6.07) is 10.5. The van der Waals surface area contributed by atoms with E-state index >= 15 is 0 Å². The standard InChI is InChI=1S/C18H15Cl2N5O2/c1-10-4-3-5-15(11(10)2)24-18-16(25(26)27)17(21-9-22-18)23-12-6-7-13(19)14(20)8-12/h3-9H,1-2H3,(H2,21,22,23,24). The number of anilines is 4. The van der Waals surface area contributed by atoms with Crippen molar-refractivity contribution in [3.63, 3.8) is 0 Å². The quantitative estimate of drug-likeness (QED) is 0.413. The van der Waals surface area contributed by atoms with E-state index in [-0.39, 0.29) is 17.3 Å². The van der Waals surface area contributed by atoms with Gasteiger partial charge in [-0.25, -0.2) is 9.97 Å². The molecule has 2 aromatic carbocycles. The first-order valence-electron chi connectivity index (χ1n) is 7.91. The van der Waals surface area contributed by atoms with Gasteiger partial charge in [-0.05, 0) is 49.2 Å². The number of aryl methyl sites for hydroxylation is 1. The lowest BCUT2D eigenvalue weighted by molar-refractivity contribution is -0.383. The van der Waals surface area contributed by atoms with Crippen molar-refractivity contribution in [2.45, 2.75) is 13.8 Å². The van der Waals surface area contributed by atoms with E-state index in [0.717, 1.165) is 16.8 Å². The predicted molar refractivity (Wildman–Crippen MR) is 108 cm³/mol. The zero-order valence-corrected chi connectivity index (χ0v) is 16.0. The Kier molecular flexibility index (Phi) is 5.43. The Balaban J connectivity index is 2.01. The molecule has 138 valence electrons. The van der Waals surface area contributed by atoms with Crippen LogP contribution in [0.1, 0.15) is 11.1 Å². The molecule has 1 aromatic heterocycles. The molecule has 3 aromatic rings. The van der Waals surface area contributed by atoms with Gasteiger partial charge in [0.25, 0.3) is 0 Å². The van der Waals surface area contributed by atoms with Gasteiger partial charge in [0.1, 0.15) is 6.33 Å². The number of aromatic nitrogens is 2. The van der Waals surface area contributed by atoms with E-state index in [2.05, 4.69) is 20.6 Å². The van der Waals surface area contributed by atoms with Gasteiger partial charge in [-0.15, -0.1) is 0 Å². The summed E-state index contributed by atoms with van der Waals surface area (Å²) in [5, 5.41) is 18.3. The zero-order chi connectivity index (χ0) is 19.6. The Morgan fingerprint density at radius 3 is 2.37 bits per heavy atom. The third-order valence-corrected chi connectivity index (χ3v) is 4.78. The zero-order valence-electron chi connectivity index (χ0n) is 14.5. The van der Waals surface area contributed by atoms with E-state index in [4.69, 9.17) is 23.2 Å². The second-order valence-electron chi connectivity index (χ2n) is 5.80. The van der Waals surface area contributed by atoms with Crippen LogP contribution in [0.25, 0.3) is 0 Å². The summed E-state index contributed by atoms with van der Waals surface area (Å²) < 4.78 is 0. The first kappa shape index (κ1) is 18.9. The van der Waals surface area contributed by atoms with E-state index in [1.807, 2.05) is 32.0 Å². The van der Waals surface area contributed by atoms with Gasteiger partial charge in [0.05, 0.1) is 15.0 Å². The van der Waals surface area contributed by atoms with Gasteiger partial charge in [-0.1, -0.05) is 35.3 Å². The largest absolute Gasteiger partial charge is 0.353 e. The third-order valence-electron chi connectivity index (χ3n) is 4.04. The third kappa shape index (κ3) is 4.10. The van der Waals surface area contributed by atoms with Crippen molar-refractivity contribution >= 4 is 51.9 Å². The molecule has 0 bridgehead atoms. The smallest absolute Gasteiger partial charge is 0.334 e.